The van der Waals surface area contributed by atoms with Crippen molar-refractivity contribution in [3.05, 3.63) is 12.4 Å². The molecule has 1 fully saturated rings. The number of nitrogens with zero attached hydrogens (tertiary/aromatic N) is 4. The van der Waals surface area contributed by atoms with E-state index in [4.69, 9.17) is 0 Å². The largest absolute Gasteiger partial charge is 0.359 e. The predicted molar refractivity (Wildman–Crippen MR) is 76.6 cm³/mol. The number of anilines is 2. The number of rotatable bonds is 6. The van der Waals surface area contributed by atoms with Crippen LogP contribution in [0.1, 0.15) is 26.2 Å². The molecule has 1 aromatic heterocycles. The van der Waals surface area contributed by atoms with Crippen molar-refractivity contribution in [1.29, 1.82) is 0 Å². The van der Waals surface area contributed by atoms with Gasteiger partial charge in [-0.25, -0.2) is 9.97 Å². The molecule has 1 aromatic rings. The Kier molecular flexibility index (Phi) is 4.35. The molecule has 0 spiro atoms. The van der Waals surface area contributed by atoms with Crippen LogP contribution in [0.5, 0.6) is 0 Å². The lowest BCUT2D eigenvalue weighted by molar-refractivity contribution is -0.115. The lowest BCUT2D eigenvalue weighted by Gasteiger charge is -2.31. The highest BCUT2D eigenvalue weighted by Crippen LogP contribution is 2.28. The lowest BCUT2D eigenvalue weighted by atomic mass is 9.85. The molecule has 0 atom stereocenters. The number of hydrogen-bond acceptors (Lipinski definition) is 5. The summed E-state index contributed by atoms with van der Waals surface area (Å²) >= 11 is 0. The quantitative estimate of drug-likeness (QED) is 0.781. The van der Waals surface area contributed by atoms with Gasteiger partial charge in [-0.1, -0.05) is 6.42 Å². The minimum absolute atomic E-state index is 0.130. The summed E-state index contributed by atoms with van der Waals surface area (Å²) in [6.07, 6.45) is 5.58. The van der Waals surface area contributed by atoms with Crippen molar-refractivity contribution >= 4 is 17.4 Å². The van der Waals surface area contributed by atoms with Crippen LogP contribution in [0.2, 0.25) is 0 Å². The number of ketones is 1. The fourth-order valence-corrected chi connectivity index (χ4v) is 2.33. The first kappa shape index (κ1) is 13.8. The normalized spacial score (nSPS) is 14.9. The molecule has 5 nitrogen and oxygen atoms in total. The Hall–Kier alpha value is -1.65. The van der Waals surface area contributed by atoms with Crippen LogP contribution in [0.25, 0.3) is 0 Å². The minimum Gasteiger partial charge on any atom is -0.359 e. The average Bonchev–Trinajstić information content (AvgIpc) is 2.33. The van der Waals surface area contributed by atoms with E-state index < -0.39 is 0 Å². The molecule has 0 bridgehead atoms. The molecule has 0 aromatic carbocycles. The third-order valence-corrected chi connectivity index (χ3v) is 3.64. The van der Waals surface area contributed by atoms with Crippen molar-refractivity contribution in [2.45, 2.75) is 26.2 Å². The van der Waals surface area contributed by atoms with Crippen molar-refractivity contribution in [2.75, 3.05) is 37.0 Å². The molecular formula is C14H22N4O. The third-order valence-electron chi connectivity index (χ3n) is 3.64. The second kappa shape index (κ2) is 5.99. The Balaban J connectivity index is 2.02. The smallest absolute Gasteiger partial charge is 0.149 e. The Morgan fingerprint density at radius 3 is 2.42 bits per heavy atom. The summed E-state index contributed by atoms with van der Waals surface area (Å²) in [5, 5.41) is 0. The Morgan fingerprint density at radius 2 is 1.89 bits per heavy atom. The molecule has 19 heavy (non-hydrogen) atoms. The van der Waals surface area contributed by atoms with Gasteiger partial charge in [0.05, 0.1) is 6.54 Å². The molecule has 1 aliphatic rings. The summed E-state index contributed by atoms with van der Waals surface area (Å²) in [5.74, 6) is 2.65. The van der Waals surface area contributed by atoms with Crippen molar-refractivity contribution in [3.63, 3.8) is 0 Å². The highest BCUT2D eigenvalue weighted by molar-refractivity contribution is 5.80. The average molecular weight is 262 g/mol. The Bertz CT molecular complexity index is 445. The van der Waals surface area contributed by atoms with E-state index in [2.05, 4.69) is 21.9 Å². The van der Waals surface area contributed by atoms with Crippen LogP contribution in [0.3, 0.4) is 0 Å². The maximum atomic E-state index is 11.1. The molecule has 0 radical (unpaired) electrons. The van der Waals surface area contributed by atoms with Crippen LogP contribution in [0.15, 0.2) is 12.4 Å². The highest BCUT2D eigenvalue weighted by Gasteiger charge is 2.20. The standard InChI is InChI=1S/C14H22N4O/c1-11(19)8-17(2)13-7-14(16-10-15-13)18(3)9-12-5-4-6-12/h7,10,12H,4-6,8-9H2,1-3H3. The summed E-state index contributed by atoms with van der Waals surface area (Å²) < 4.78 is 0. The maximum absolute atomic E-state index is 11.1. The Labute approximate surface area is 114 Å². The minimum atomic E-state index is 0.130. The molecule has 0 N–H and O–H groups in total. The van der Waals surface area contributed by atoms with E-state index in [0.717, 1.165) is 24.1 Å². The van der Waals surface area contributed by atoms with E-state index >= 15 is 0 Å². The molecule has 104 valence electrons. The lowest BCUT2D eigenvalue weighted by Crippen LogP contribution is -2.30. The molecule has 0 amide bonds. The third kappa shape index (κ3) is 3.66. The van der Waals surface area contributed by atoms with Crippen LogP contribution in [-0.2, 0) is 4.79 Å². The van der Waals surface area contributed by atoms with E-state index in [1.807, 2.05) is 18.0 Å². The number of carbonyl (C=O) groups excluding carboxylic acids is 1. The molecule has 0 aliphatic heterocycles. The Morgan fingerprint density at radius 1 is 1.26 bits per heavy atom. The summed E-state index contributed by atoms with van der Waals surface area (Å²) in [4.78, 5) is 23.7. The second-order valence-corrected chi connectivity index (χ2v) is 5.47. The van der Waals surface area contributed by atoms with Crippen LogP contribution in [0.4, 0.5) is 11.6 Å². The van der Waals surface area contributed by atoms with E-state index in [1.54, 1.807) is 13.3 Å². The number of Topliss-reactive ketones (excluding diaryl/α,β-unsaturated/α-hetero) is 1. The van der Waals surface area contributed by atoms with Crippen LogP contribution in [-0.4, -0.2) is 42.9 Å². The van der Waals surface area contributed by atoms with E-state index in [0.29, 0.717) is 6.54 Å². The number of hydrogen-bond donors (Lipinski definition) is 0. The summed E-state index contributed by atoms with van der Waals surface area (Å²) in [6.45, 7) is 3.01. The molecular weight excluding hydrogens is 240 g/mol. The monoisotopic (exact) mass is 262 g/mol. The maximum Gasteiger partial charge on any atom is 0.149 e. The number of likely N-dealkylation sites (N-methyl/N-ethyl adjacent to an activating group) is 1. The first-order chi connectivity index (χ1) is 9.06. The fraction of sp³-hybridized carbons (Fsp3) is 0.643. The summed E-state index contributed by atoms with van der Waals surface area (Å²) in [7, 11) is 3.94. The highest BCUT2D eigenvalue weighted by atomic mass is 16.1. The van der Waals surface area contributed by atoms with Crippen molar-refractivity contribution < 1.29 is 4.79 Å². The van der Waals surface area contributed by atoms with Gasteiger partial charge in [0.15, 0.2) is 0 Å². The molecule has 5 heteroatoms. The SMILES string of the molecule is CC(=O)CN(C)c1cc(N(C)CC2CCC2)ncn1. The molecule has 2 rings (SSSR count). The number of carbonyl (C=O) groups is 1. The van der Waals surface area contributed by atoms with Gasteiger partial charge in [0, 0.05) is 26.7 Å². The van der Waals surface area contributed by atoms with Gasteiger partial charge in [-0.15, -0.1) is 0 Å². The van der Waals surface area contributed by atoms with Crippen molar-refractivity contribution in [2.24, 2.45) is 5.92 Å². The first-order valence-electron chi connectivity index (χ1n) is 6.80. The van der Waals surface area contributed by atoms with E-state index in [-0.39, 0.29) is 5.78 Å². The zero-order chi connectivity index (χ0) is 13.8. The van der Waals surface area contributed by atoms with Gasteiger partial charge in [0.1, 0.15) is 23.7 Å². The van der Waals surface area contributed by atoms with Crippen LogP contribution >= 0.6 is 0 Å². The number of aromatic nitrogens is 2. The molecule has 1 saturated carbocycles. The zero-order valence-electron chi connectivity index (χ0n) is 12.0. The van der Waals surface area contributed by atoms with Gasteiger partial charge in [0.25, 0.3) is 0 Å². The van der Waals surface area contributed by atoms with Crippen LogP contribution < -0.4 is 9.80 Å². The van der Waals surface area contributed by atoms with E-state index in [9.17, 15) is 4.79 Å². The summed E-state index contributed by atoms with van der Waals surface area (Å²) in [6, 6.07) is 1.95. The predicted octanol–water partition coefficient (Wildman–Crippen LogP) is 1.74. The molecule has 0 unspecified atom stereocenters. The molecule has 1 heterocycles. The zero-order valence-corrected chi connectivity index (χ0v) is 12.0. The van der Waals surface area contributed by atoms with Crippen molar-refractivity contribution in [1.82, 2.24) is 9.97 Å². The van der Waals surface area contributed by atoms with Gasteiger partial charge in [-0.05, 0) is 25.7 Å². The summed E-state index contributed by atoms with van der Waals surface area (Å²) in [5.41, 5.74) is 0. The van der Waals surface area contributed by atoms with Gasteiger partial charge < -0.3 is 9.80 Å². The van der Waals surface area contributed by atoms with Crippen LogP contribution in [0, 0.1) is 5.92 Å². The van der Waals surface area contributed by atoms with Crippen molar-refractivity contribution in [3.8, 4) is 0 Å². The van der Waals surface area contributed by atoms with Gasteiger partial charge in [0.2, 0.25) is 0 Å². The van der Waals surface area contributed by atoms with Gasteiger partial charge in [-0.3, -0.25) is 4.79 Å². The van der Waals surface area contributed by atoms with Gasteiger partial charge in [-0.2, -0.15) is 0 Å². The fourth-order valence-electron chi connectivity index (χ4n) is 2.33. The molecule has 1 aliphatic carbocycles. The molecule has 0 saturated heterocycles. The van der Waals surface area contributed by atoms with Gasteiger partial charge >= 0.3 is 0 Å². The topological polar surface area (TPSA) is 49.3 Å². The first-order valence-corrected chi connectivity index (χ1v) is 6.80. The van der Waals surface area contributed by atoms with E-state index in [1.165, 1.54) is 19.3 Å². The second-order valence-electron chi connectivity index (χ2n) is 5.47.